The number of ether oxygens (including phenoxy) is 4. The van der Waals surface area contributed by atoms with Crippen molar-refractivity contribution >= 4 is 39.5 Å². The lowest BCUT2D eigenvalue weighted by molar-refractivity contribution is -0.161. The second kappa shape index (κ2) is 63.8. The van der Waals surface area contributed by atoms with Gasteiger partial charge in [0.2, 0.25) is 0 Å². The van der Waals surface area contributed by atoms with Crippen LogP contribution in [0, 0.1) is 17.8 Å². The maximum absolute atomic E-state index is 13.1. The molecule has 0 aromatic heterocycles. The zero-order valence-electron chi connectivity index (χ0n) is 60.0. The Kier molecular flexibility index (Phi) is 62.4. The third kappa shape index (κ3) is 65.4. The highest BCUT2D eigenvalue weighted by atomic mass is 31.2. The van der Waals surface area contributed by atoms with Crippen molar-refractivity contribution in [2.24, 2.45) is 17.8 Å². The van der Waals surface area contributed by atoms with Crippen LogP contribution in [0.2, 0.25) is 0 Å². The molecular formula is C73H142O17P2. The fourth-order valence-electron chi connectivity index (χ4n) is 11.0. The van der Waals surface area contributed by atoms with E-state index < -0.39 is 97.5 Å². The Morgan fingerprint density at radius 1 is 0.315 bits per heavy atom. The van der Waals surface area contributed by atoms with Crippen LogP contribution in [0.1, 0.15) is 370 Å². The molecule has 0 fully saturated rings. The standard InChI is InChI=1S/C73H142O17P2/c1-8-10-11-12-13-14-15-23-26-32-40-47-54-70(75)83-60-68(89-72(77)56-49-42-33-27-24-21-19-17-16-18-20-22-25-30-37-44-51-64(3)4)62-87-91(79,80)85-58-67(74)59-86-92(81,82)88-63-69(61-84-71(76)55-48-41-36-35-39-46-53-66(7)9-2)90-73(78)57-50-43-34-29-28-31-38-45-52-65(5)6/h64-69,74H,8-63H2,1-7H3,(H,79,80)(H,81,82)/t66?,67-,68-,69-/m1/s1. The van der Waals surface area contributed by atoms with Crippen molar-refractivity contribution in [1.82, 2.24) is 0 Å². The summed E-state index contributed by atoms with van der Waals surface area (Å²) in [6.45, 7) is 11.8. The number of phosphoric ester groups is 2. The van der Waals surface area contributed by atoms with E-state index in [2.05, 4.69) is 48.5 Å². The summed E-state index contributed by atoms with van der Waals surface area (Å²) in [5.41, 5.74) is 0. The zero-order valence-corrected chi connectivity index (χ0v) is 61.8. The molecular weight excluding hydrogens is 1210 g/mol. The minimum atomic E-state index is -4.95. The molecule has 3 unspecified atom stereocenters. The van der Waals surface area contributed by atoms with Crippen molar-refractivity contribution in [2.45, 2.75) is 388 Å². The molecule has 0 aromatic carbocycles. The van der Waals surface area contributed by atoms with Crippen molar-refractivity contribution in [2.75, 3.05) is 39.6 Å². The summed E-state index contributed by atoms with van der Waals surface area (Å²) in [6, 6.07) is 0. The Hall–Kier alpha value is -1.94. The van der Waals surface area contributed by atoms with Crippen molar-refractivity contribution in [1.29, 1.82) is 0 Å². The predicted molar refractivity (Wildman–Crippen MR) is 372 cm³/mol. The second-order valence-electron chi connectivity index (χ2n) is 27.5. The molecule has 6 atom stereocenters. The van der Waals surface area contributed by atoms with Crippen LogP contribution in [0.15, 0.2) is 0 Å². The van der Waals surface area contributed by atoms with Crippen LogP contribution in [0.25, 0.3) is 0 Å². The summed E-state index contributed by atoms with van der Waals surface area (Å²) in [4.78, 5) is 72.6. The first-order chi connectivity index (χ1) is 44.3. The van der Waals surface area contributed by atoms with Crippen LogP contribution in [0.5, 0.6) is 0 Å². The number of aliphatic hydroxyl groups excluding tert-OH is 1. The van der Waals surface area contributed by atoms with E-state index in [1.54, 1.807) is 0 Å². The molecule has 0 aliphatic heterocycles. The first kappa shape index (κ1) is 90.1. The van der Waals surface area contributed by atoms with E-state index in [-0.39, 0.29) is 25.7 Å². The molecule has 3 N–H and O–H groups in total. The Balaban J connectivity index is 5.22. The lowest BCUT2D eigenvalue weighted by atomic mass is 10.00. The maximum Gasteiger partial charge on any atom is 0.472 e. The average molecular weight is 1350 g/mol. The number of esters is 4. The number of unbranched alkanes of at least 4 members (excludes halogenated alkanes) is 38. The molecule has 0 saturated carbocycles. The van der Waals surface area contributed by atoms with Gasteiger partial charge in [0.05, 0.1) is 26.4 Å². The number of hydrogen-bond acceptors (Lipinski definition) is 15. The van der Waals surface area contributed by atoms with E-state index in [1.165, 1.54) is 173 Å². The van der Waals surface area contributed by atoms with Gasteiger partial charge in [0.1, 0.15) is 19.3 Å². The molecule has 0 spiro atoms. The van der Waals surface area contributed by atoms with E-state index in [1.807, 2.05) is 0 Å². The van der Waals surface area contributed by atoms with Crippen LogP contribution < -0.4 is 0 Å². The third-order valence-corrected chi connectivity index (χ3v) is 19.1. The minimum absolute atomic E-state index is 0.103. The molecule has 0 aliphatic rings. The normalized spacial score (nSPS) is 14.4. The van der Waals surface area contributed by atoms with Gasteiger partial charge in [-0.1, -0.05) is 318 Å². The Bertz CT molecular complexity index is 1800. The largest absolute Gasteiger partial charge is 0.472 e. The fourth-order valence-corrected chi connectivity index (χ4v) is 12.6. The molecule has 546 valence electrons. The van der Waals surface area contributed by atoms with Gasteiger partial charge in [0, 0.05) is 25.7 Å². The smallest absolute Gasteiger partial charge is 0.462 e. The minimum Gasteiger partial charge on any atom is -0.462 e. The molecule has 17 nitrogen and oxygen atoms in total. The highest BCUT2D eigenvalue weighted by Gasteiger charge is 2.30. The van der Waals surface area contributed by atoms with Gasteiger partial charge in [-0.05, 0) is 43.4 Å². The number of aliphatic hydroxyl groups is 1. The Labute approximate surface area is 562 Å². The summed E-state index contributed by atoms with van der Waals surface area (Å²) in [7, 11) is -9.91. The van der Waals surface area contributed by atoms with Crippen molar-refractivity contribution in [3.8, 4) is 0 Å². The quantitative estimate of drug-likeness (QED) is 0.0222. The van der Waals surface area contributed by atoms with Crippen LogP contribution in [-0.2, 0) is 65.4 Å². The molecule has 92 heavy (non-hydrogen) atoms. The lowest BCUT2D eigenvalue weighted by Gasteiger charge is -2.21. The van der Waals surface area contributed by atoms with E-state index in [0.717, 1.165) is 114 Å². The number of carbonyl (C=O) groups is 4. The van der Waals surface area contributed by atoms with Gasteiger partial charge in [-0.2, -0.15) is 0 Å². The highest BCUT2D eigenvalue weighted by Crippen LogP contribution is 2.45. The Morgan fingerprint density at radius 3 is 0.826 bits per heavy atom. The van der Waals surface area contributed by atoms with Crippen molar-refractivity contribution < 1.29 is 80.2 Å². The molecule has 19 heteroatoms. The number of rotatable bonds is 71. The third-order valence-electron chi connectivity index (χ3n) is 17.2. The van der Waals surface area contributed by atoms with Gasteiger partial charge in [-0.15, -0.1) is 0 Å². The molecule has 0 radical (unpaired) electrons. The summed E-state index contributed by atoms with van der Waals surface area (Å²) in [5.74, 6) is 0.134. The molecule has 0 aliphatic carbocycles. The van der Waals surface area contributed by atoms with E-state index in [0.29, 0.717) is 25.7 Å². The van der Waals surface area contributed by atoms with E-state index in [9.17, 15) is 43.2 Å². The molecule has 0 amide bonds. The van der Waals surface area contributed by atoms with Gasteiger partial charge < -0.3 is 33.8 Å². The monoisotopic (exact) mass is 1350 g/mol. The van der Waals surface area contributed by atoms with Crippen LogP contribution in [0.3, 0.4) is 0 Å². The molecule has 0 rings (SSSR count). The van der Waals surface area contributed by atoms with Crippen molar-refractivity contribution in [3.05, 3.63) is 0 Å². The van der Waals surface area contributed by atoms with Gasteiger partial charge in [0.15, 0.2) is 12.2 Å². The zero-order chi connectivity index (χ0) is 68.0. The summed E-state index contributed by atoms with van der Waals surface area (Å²) >= 11 is 0. The van der Waals surface area contributed by atoms with E-state index >= 15 is 0 Å². The molecule has 0 bridgehead atoms. The number of carbonyl (C=O) groups excluding carboxylic acids is 4. The predicted octanol–water partition coefficient (Wildman–Crippen LogP) is 21.0. The van der Waals surface area contributed by atoms with Crippen molar-refractivity contribution in [3.63, 3.8) is 0 Å². The highest BCUT2D eigenvalue weighted by molar-refractivity contribution is 7.47. The van der Waals surface area contributed by atoms with Gasteiger partial charge in [-0.3, -0.25) is 37.3 Å². The van der Waals surface area contributed by atoms with Crippen LogP contribution in [-0.4, -0.2) is 96.7 Å². The SMILES string of the molecule is CCCCCCCCCCCCCCC(=O)OC[C@H](COP(=O)(O)OC[C@@H](O)COP(=O)(O)OC[C@@H](COC(=O)CCCCCCCCC(C)CC)OC(=O)CCCCCCCCCCC(C)C)OC(=O)CCCCCCCCCCCCCCCCCCC(C)C. The lowest BCUT2D eigenvalue weighted by Crippen LogP contribution is -2.30. The molecule has 0 aromatic rings. The Morgan fingerprint density at radius 2 is 0.554 bits per heavy atom. The van der Waals surface area contributed by atoms with Gasteiger partial charge in [-0.25, -0.2) is 9.13 Å². The van der Waals surface area contributed by atoms with Gasteiger partial charge >= 0.3 is 39.5 Å². The summed E-state index contributed by atoms with van der Waals surface area (Å²) in [6.07, 6.45) is 48.6. The fraction of sp³-hybridized carbons (Fsp3) is 0.945. The van der Waals surface area contributed by atoms with E-state index in [4.69, 9.17) is 37.0 Å². The molecule has 0 saturated heterocycles. The molecule has 0 heterocycles. The van der Waals surface area contributed by atoms with Crippen LogP contribution >= 0.6 is 15.6 Å². The first-order valence-corrected chi connectivity index (χ1v) is 40.9. The number of hydrogen-bond donors (Lipinski definition) is 3. The van der Waals surface area contributed by atoms with Gasteiger partial charge in [0.25, 0.3) is 0 Å². The maximum atomic E-state index is 13.1. The second-order valence-corrected chi connectivity index (χ2v) is 30.4. The topological polar surface area (TPSA) is 237 Å². The summed E-state index contributed by atoms with van der Waals surface area (Å²) < 4.78 is 68.4. The number of phosphoric acid groups is 2. The average Bonchev–Trinajstić information content (AvgIpc) is 2.72. The van der Waals surface area contributed by atoms with Crippen LogP contribution in [0.4, 0.5) is 0 Å². The summed E-state index contributed by atoms with van der Waals surface area (Å²) in [5, 5.41) is 10.6. The first-order valence-electron chi connectivity index (χ1n) is 37.9.